The van der Waals surface area contributed by atoms with Crippen LogP contribution in [0.5, 0.6) is 0 Å². The molecule has 0 fully saturated rings. The van der Waals surface area contributed by atoms with Crippen LogP contribution >= 0.6 is 0 Å². The fraction of sp³-hybridized carbons (Fsp3) is 0.304. The molecular weight excluding hydrogens is 334 g/mol. The molecule has 4 nitrogen and oxygen atoms in total. The molecule has 0 spiro atoms. The summed E-state index contributed by atoms with van der Waals surface area (Å²) in [5, 5.41) is 5.28. The molecule has 1 unspecified atom stereocenters. The standard InChI is InChI=1S/C23H25N3O/c1-3-16-5-7-17(8-6-16)14-24-26-23(27)18-9-11-22-20(13-18)19-12-15(2)4-10-21(19)25-22/h5-9,11,13-15,25H,3-4,10,12H2,1-2H3,(H,26,27)/b24-14-. The van der Waals surface area contributed by atoms with Crippen LogP contribution in [0.3, 0.4) is 0 Å². The molecule has 1 aromatic heterocycles. The number of aromatic nitrogens is 1. The van der Waals surface area contributed by atoms with E-state index in [0.717, 1.165) is 30.3 Å². The number of amides is 1. The average molecular weight is 359 g/mol. The third-order valence-electron chi connectivity index (χ3n) is 5.46. The molecule has 1 atom stereocenters. The summed E-state index contributed by atoms with van der Waals surface area (Å²) in [6.07, 6.45) is 6.08. The number of benzene rings is 2. The van der Waals surface area contributed by atoms with Gasteiger partial charge in [0.15, 0.2) is 0 Å². The maximum absolute atomic E-state index is 12.5. The van der Waals surface area contributed by atoms with Crippen LogP contribution in [0.15, 0.2) is 47.6 Å². The molecule has 0 saturated heterocycles. The van der Waals surface area contributed by atoms with Crippen LogP contribution in [0.4, 0.5) is 0 Å². The van der Waals surface area contributed by atoms with Crippen molar-refractivity contribution in [2.75, 3.05) is 0 Å². The Labute approximate surface area is 159 Å². The molecule has 1 amide bonds. The van der Waals surface area contributed by atoms with Crippen molar-refractivity contribution in [1.82, 2.24) is 10.4 Å². The van der Waals surface area contributed by atoms with E-state index in [4.69, 9.17) is 0 Å². The lowest BCUT2D eigenvalue weighted by molar-refractivity contribution is 0.0955. The molecule has 138 valence electrons. The maximum Gasteiger partial charge on any atom is 0.271 e. The van der Waals surface area contributed by atoms with E-state index in [2.05, 4.69) is 41.5 Å². The Bertz CT molecular complexity index is 998. The van der Waals surface area contributed by atoms with E-state index in [1.807, 2.05) is 30.3 Å². The first-order chi connectivity index (χ1) is 13.1. The molecule has 27 heavy (non-hydrogen) atoms. The van der Waals surface area contributed by atoms with Gasteiger partial charge in [0, 0.05) is 22.2 Å². The quantitative estimate of drug-likeness (QED) is 0.518. The van der Waals surface area contributed by atoms with E-state index in [-0.39, 0.29) is 5.91 Å². The zero-order valence-electron chi connectivity index (χ0n) is 15.9. The molecule has 1 aliphatic carbocycles. The smallest absolute Gasteiger partial charge is 0.271 e. The predicted molar refractivity (Wildman–Crippen MR) is 110 cm³/mol. The monoisotopic (exact) mass is 359 g/mol. The van der Waals surface area contributed by atoms with Crippen molar-refractivity contribution in [1.29, 1.82) is 0 Å². The number of rotatable bonds is 4. The fourth-order valence-electron chi connectivity index (χ4n) is 3.80. The maximum atomic E-state index is 12.5. The molecule has 1 heterocycles. The molecule has 2 aromatic carbocycles. The summed E-state index contributed by atoms with van der Waals surface area (Å²) in [6.45, 7) is 4.42. The first-order valence-electron chi connectivity index (χ1n) is 9.70. The molecule has 1 aliphatic rings. The average Bonchev–Trinajstić information content (AvgIpc) is 3.05. The molecule has 0 radical (unpaired) electrons. The highest BCUT2D eigenvalue weighted by molar-refractivity contribution is 5.99. The van der Waals surface area contributed by atoms with Gasteiger partial charge in [-0.1, -0.05) is 38.1 Å². The number of nitrogens with one attached hydrogen (secondary N) is 2. The largest absolute Gasteiger partial charge is 0.358 e. The van der Waals surface area contributed by atoms with E-state index in [1.165, 1.54) is 28.6 Å². The molecule has 4 heteroatoms. The van der Waals surface area contributed by atoms with Crippen molar-refractivity contribution in [2.45, 2.75) is 39.5 Å². The first-order valence-corrected chi connectivity index (χ1v) is 9.70. The summed E-state index contributed by atoms with van der Waals surface area (Å²) in [4.78, 5) is 16.0. The van der Waals surface area contributed by atoms with Gasteiger partial charge in [0.2, 0.25) is 0 Å². The Balaban J connectivity index is 1.50. The van der Waals surface area contributed by atoms with Crippen molar-refractivity contribution in [3.63, 3.8) is 0 Å². The summed E-state index contributed by atoms with van der Waals surface area (Å²) in [7, 11) is 0. The van der Waals surface area contributed by atoms with E-state index < -0.39 is 0 Å². The Hall–Kier alpha value is -2.88. The van der Waals surface area contributed by atoms with Crippen molar-refractivity contribution in [2.24, 2.45) is 11.0 Å². The van der Waals surface area contributed by atoms with Crippen LogP contribution in [0.2, 0.25) is 0 Å². The van der Waals surface area contributed by atoms with Crippen LogP contribution in [-0.2, 0) is 19.3 Å². The number of hydrogen-bond donors (Lipinski definition) is 2. The summed E-state index contributed by atoms with van der Waals surface area (Å²) in [5.74, 6) is 0.509. The van der Waals surface area contributed by atoms with E-state index in [9.17, 15) is 4.79 Å². The summed E-state index contributed by atoms with van der Waals surface area (Å²) in [5.41, 5.74) is 9.35. The Morgan fingerprint density at radius 2 is 2.07 bits per heavy atom. The highest BCUT2D eigenvalue weighted by Gasteiger charge is 2.20. The lowest BCUT2D eigenvalue weighted by Crippen LogP contribution is -2.17. The van der Waals surface area contributed by atoms with Crippen LogP contribution < -0.4 is 5.43 Å². The SMILES string of the molecule is CCc1ccc(/C=N\NC(=O)c2ccc3[nH]c4c(c3c2)CC(C)CC4)cc1. The highest BCUT2D eigenvalue weighted by atomic mass is 16.2. The van der Waals surface area contributed by atoms with Crippen molar-refractivity contribution >= 4 is 23.0 Å². The van der Waals surface area contributed by atoms with Gasteiger partial charge in [0.25, 0.3) is 5.91 Å². The van der Waals surface area contributed by atoms with E-state index >= 15 is 0 Å². The van der Waals surface area contributed by atoms with Crippen molar-refractivity contribution in [3.05, 3.63) is 70.4 Å². The normalized spacial score (nSPS) is 16.6. The first kappa shape index (κ1) is 17.5. The zero-order chi connectivity index (χ0) is 18.8. The van der Waals surface area contributed by atoms with Gasteiger partial charge >= 0.3 is 0 Å². The molecule has 0 aliphatic heterocycles. The van der Waals surface area contributed by atoms with Gasteiger partial charge < -0.3 is 4.98 Å². The number of carbonyl (C=O) groups is 1. The van der Waals surface area contributed by atoms with E-state index in [1.54, 1.807) is 6.21 Å². The van der Waals surface area contributed by atoms with Crippen LogP contribution in [-0.4, -0.2) is 17.1 Å². The number of fused-ring (bicyclic) bond motifs is 3. The minimum atomic E-state index is -0.183. The van der Waals surface area contributed by atoms with Gasteiger partial charge in [0.05, 0.1) is 6.21 Å². The third-order valence-corrected chi connectivity index (χ3v) is 5.46. The predicted octanol–water partition coefficient (Wildman–Crippen LogP) is 4.62. The van der Waals surface area contributed by atoms with Gasteiger partial charge in [0.1, 0.15) is 0 Å². The summed E-state index contributed by atoms with van der Waals surface area (Å²) < 4.78 is 0. The van der Waals surface area contributed by atoms with Gasteiger partial charge in [-0.15, -0.1) is 0 Å². The molecule has 2 N–H and O–H groups in total. The second-order valence-corrected chi connectivity index (χ2v) is 7.48. The van der Waals surface area contributed by atoms with Gasteiger partial charge in [-0.25, -0.2) is 5.43 Å². The van der Waals surface area contributed by atoms with Gasteiger partial charge in [-0.2, -0.15) is 5.10 Å². The summed E-state index contributed by atoms with van der Waals surface area (Å²) in [6, 6.07) is 14.0. The minimum absolute atomic E-state index is 0.183. The molecular formula is C23H25N3O. The summed E-state index contributed by atoms with van der Waals surface area (Å²) >= 11 is 0. The van der Waals surface area contributed by atoms with Gasteiger partial charge in [-0.05, 0) is 66.5 Å². The Morgan fingerprint density at radius 1 is 1.26 bits per heavy atom. The lowest BCUT2D eigenvalue weighted by atomic mass is 9.87. The number of aryl methyl sites for hydroxylation is 2. The Kier molecular flexibility index (Phi) is 4.80. The number of aromatic amines is 1. The Morgan fingerprint density at radius 3 is 2.85 bits per heavy atom. The second kappa shape index (κ2) is 7.39. The third kappa shape index (κ3) is 3.65. The molecule has 3 aromatic rings. The molecule has 0 bridgehead atoms. The molecule has 4 rings (SSSR count). The fourth-order valence-corrected chi connectivity index (χ4v) is 3.80. The number of carbonyl (C=O) groups excluding carboxylic acids is 1. The van der Waals surface area contributed by atoms with Crippen molar-refractivity contribution in [3.8, 4) is 0 Å². The zero-order valence-corrected chi connectivity index (χ0v) is 15.9. The highest BCUT2D eigenvalue weighted by Crippen LogP contribution is 2.32. The number of nitrogens with zero attached hydrogens (tertiary/aromatic N) is 1. The topological polar surface area (TPSA) is 57.2 Å². The van der Waals surface area contributed by atoms with Crippen LogP contribution in [0.1, 0.15) is 53.0 Å². The van der Waals surface area contributed by atoms with Crippen molar-refractivity contribution < 1.29 is 4.79 Å². The van der Waals surface area contributed by atoms with Crippen LogP contribution in [0.25, 0.3) is 10.9 Å². The lowest BCUT2D eigenvalue weighted by Gasteiger charge is -2.18. The number of H-pyrrole nitrogens is 1. The second-order valence-electron chi connectivity index (χ2n) is 7.48. The minimum Gasteiger partial charge on any atom is -0.358 e. The number of hydrogen-bond acceptors (Lipinski definition) is 2. The van der Waals surface area contributed by atoms with E-state index in [0.29, 0.717) is 11.5 Å². The number of hydrazone groups is 1. The van der Waals surface area contributed by atoms with Gasteiger partial charge in [-0.3, -0.25) is 4.79 Å². The molecule has 0 saturated carbocycles. The van der Waals surface area contributed by atoms with Crippen LogP contribution in [0, 0.1) is 5.92 Å².